The molecule has 12 heteroatoms. The minimum Gasteiger partial charge on any atom is -0.395 e. The summed E-state index contributed by atoms with van der Waals surface area (Å²) < 4.78 is 0. The van der Waals surface area contributed by atoms with Crippen LogP contribution < -0.4 is 21.3 Å². The van der Waals surface area contributed by atoms with Crippen molar-refractivity contribution < 1.29 is 39.6 Å². The molecule has 2 unspecified atom stereocenters. The zero-order chi connectivity index (χ0) is 32.4. The Hall–Kier alpha value is -2.28. The molecule has 240 valence electrons. The van der Waals surface area contributed by atoms with Gasteiger partial charge in [0.25, 0.3) is 0 Å². The van der Waals surface area contributed by atoms with Crippen LogP contribution in [0.5, 0.6) is 0 Å². The highest BCUT2D eigenvalue weighted by atomic mass is 16.3. The third kappa shape index (κ3) is 24.7. The summed E-state index contributed by atoms with van der Waals surface area (Å²) in [7, 11) is 0. The van der Waals surface area contributed by atoms with Crippen LogP contribution in [0.4, 0.5) is 0 Å². The second-order valence-electron chi connectivity index (χ2n) is 10.5. The summed E-state index contributed by atoms with van der Waals surface area (Å²) in [6.07, 6.45) is 3.24. The van der Waals surface area contributed by atoms with Crippen LogP contribution >= 0.6 is 0 Å². The summed E-state index contributed by atoms with van der Waals surface area (Å²) in [4.78, 5) is 43.9. The number of hydrogen-bond donors (Lipinski definition) is 8. The monoisotopic (exact) mass is 580 g/mol. The van der Waals surface area contributed by atoms with Gasteiger partial charge in [-0.25, -0.2) is 0 Å². The lowest BCUT2D eigenvalue weighted by Crippen LogP contribution is -2.37. The largest absolute Gasteiger partial charge is 0.395 e. The van der Waals surface area contributed by atoms with Gasteiger partial charge in [0, 0.05) is 35.8 Å². The molecule has 0 aromatic carbocycles. The molecule has 0 bridgehead atoms. The van der Waals surface area contributed by atoms with Crippen molar-refractivity contribution >= 4 is 23.6 Å². The van der Waals surface area contributed by atoms with Gasteiger partial charge in [-0.05, 0) is 25.7 Å². The number of rotatable bonds is 14. The molecule has 0 fully saturated rings. The van der Waals surface area contributed by atoms with Crippen molar-refractivity contribution in [3.05, 3.63) is 0 Å². The van der Waals surface area contributed by atoms with Crippen molar-refractivity contribution in [1.29, 1.82) is 0 Å². The van der Waals surface area contributed by atoms with Gasteiger partial charge >= 0.3 is 0 Å². The Bertz CT molecular complexity index is 673. The normalized spacial score (nSPS) is 11.9. The molecule has 0 aromatic rings. The lowest BCUT2D eigenvalue weighted by Gasteiger charge is -2.20. The first-order chi connectivity index (χ1) is 18.5. The van der Waals surface area contributed by atoms with Gasteiger partial charge in [-0.15, -0.1) is 0 Å². The number of carbonyl (C=O) groups is 4. The lowest BCUT2D eigenvalue weighted by molar-refractivity contribution is -0.131. The van der Waals surface area contributed by atoms with Crippen molar-refractivity contribution in [1.82, 2.24) is 21.3 Å². The first-order valence-electron chi connectivity index (χ1n) is 14.1. The molecule has 0 saturated heterocycles. The topological polar surface area (TPSA) is 197 Å². The van der Waals surface area contributed by atoms with Crippen LogP contribution in [0.1, 0.15) is 94.9 Å². The zero-order valence-electron chi connectivity index (χ0n) is 26.6. The number of carbonyl (C=O) groups excluding carboxylic acids is 4. The predicted molar refractivity (Wildman–Crippen MR) is 158 cm³/mol. The van der Waals surface area contributed by atoms with E-state index in [1.807, 2.05) is 69.2 Å². The average Bonchev–Trinajstić information content (AvgIpc) is 2.94. The molecular weight excluding hydrogens is 520 g/mol. The van der Waals surface area contributed by atoms with Gasteiger partial charge in [0.1, 0.15) is 13.5 Å². The van der Waals surface area contributed by atoms with Crippen LogP contribution in [-0.4, -0.2) is 83.8 Å². The molecule has 40 heavy (non-hydrogen) atoms. The fourth-order valence-electron chi connectivity index (χ4n) is 2.02. The highest BCUT2D eigenvalue weighted by Crippen LogP contribution is 2.19. The smallest absolute Gasteiger partial charge is 0.227 e. The standard InChI is InChI=1S/C8H17NO2.2C7H15NO2.C6H13NO2/c1-4-8(2,3)7(11)9-5-6-10;1-4-7(2,3)6(10)8-5-9;1-3-6(2)7(10)8-4-5-9;1-3-5(2)6(9)7-4-8/h10H,4-6H2,1-3H3,(H,9,11);9H,4-5H2,1-3H3,(H,8,10);6,9H,3-5H2,1-2H3,(H,8,10);5,8H,3-4H2,1-2H3,(H,7,9). The third-order valence-electron chi connectivity index (χ3n) is 6.42. The van der Waals surface area contributed by atoms with Gasteiger partial charge in [0.15, 0.2) is 0 Å². The Labute approximate surface area is 242 Å². The summed E-state index contributed by atoms with van der Waals surface area (Å²) >= 11 is 0. The minimum atomic E-state index is -0.358. The van der Waals surface area contributed by atoms with Crippen LogP contribution in [0, 0.1) is 22.7 Å². The fraction of sp³-hybridized carbons (Fsp3) is 0.857. The van der Waals surface area contributed by atoms with Crippen molar-refractivity contribution in [3.63, 3.8) is 0 Å². The molecule has 0 spiro atoms. The number of amides is 4. The molecule has 2 atom stereocenters. The Kier molecular flexibility index (Phi) is 30.1. The summed E-state index contributed by atoms with van der Waals surface area (Å²) in [6, 6.07) is 0. The molecule has 0 rings (SSSR count). The SMILES string of the molecule is CCC(C)(C)C(=O)NCCO.CCC(C)(C)C(=O)NCO.CCC(C)C(=O)NCCO.CCC(C)C(=O)NCO. The number of aliphatic hydroxyl groups excluding tert-OH is 4. The third-order valence-corrected chi connectivity index (χ3v) is 6.42. The van der Waals surface area contributed by atoms with E-state index in [0.717, 1.165) is 25.7 Å². The van der Waals surface area contributed by atoms with E-state index in [4.69, 9.17) is 20.4 Å². The Morgan fingerprint density at radius 2 is 0.900 bits per heavy atom. The van der Waals surface area contributed by atoms with Crippen molar-refractivity contribution in [3.8, 4) is 0 Å². The summed E-state index contributed by atoms with van der Waals surface area (Å²) in [5, 5.41) is 43.3. The minimum absolute atomic E-state index is 0.00549. The van der Waals surface area contributed by atoms with Crippen LogP contribution in [0.15, 0.2) is 0 Å². The number of aliphatic hydroxyl groups is 4. The van der Waals surface area contributed by atoms with Gasteiger partial charge < -0.3 is 41.7 Å². The maximum Gasteiger partial charge on any atom is 0.227 e. The van der Waals surface area contributed by atoms with Gasteiger partial charge in [-0.2, -0.15) is 0 Å². The van der Waals surface area contributed by atoms with Crippen molar-refractivity contribution in [2.24, 2.45) is 22.7 Å². The highest BCUT2D eigenvalue weighted by molar-refractivity contribution is 5.82. The fourth-order valence-corrected chi connectivity index (χ4v) is 2.02. The second-order valence-corrected chi connectivity index (χ2v) is 10.5. The average molecular weight is 581 g/mol. The summed E-state index contributed by atoms with van der Waals surface area (Å²) in [5.41, 5.74) is -0.669. The molecule has 0 saturated carbocycles. The Morgan fingerprint density at radius 3 is 1.20 bits per heavy atom. The van der Waals surface area contributed by atoms with Crippen molar-refractivity contribution in [2.45, 2.75) is 94.9 Å². The van der Waals surface area contributed by atoms with E-state index < -0.39 is 0 Å². The summed E-state index contributed by atoms with van der Waals surface area (Å²) in [6.45, 7) is 19.2. The second kappa shape index (κ2) is 26.9. The number of hydrogen-bond acceptors (Lipinski definition) is 8. The van der Waals surface area contributed by atoms with E-state index in [1.54, 1.807) is 0 Å². The van der Waals surface area contributed by atoms with E-state index in [2.05, 4.69) is 21.3 Å². The molecular formula is C28H60N4O8. The first kappa shape index (κ1) is 44.7. The molecule has 8 N–H and O–H groups in total. The van der Waals surface area contributed by atoms with E-state index in [0.29, 0.717) is 13.1 Å². The zero-order valence-corrected chi connectivity index (χ0v) is 26.6. The van der Waals surface area contributed by atoms with Gasteiger partial charge in [0.2, 0.25) is 23.6 Å². The molecule has 12 nitrogen and oxygen atoms in total. The molecule has 0 heterocycles. The highest BCUT2D eigenvalue weighted by Gasteiger charge is 2.24. The maximum absolute atomic E-state index is 11.2. The van der Waals surface area contributed by atoms with E-state index in [9.17, 15) is 19.2 Å². The molecule has 0 aromatic heterocycles. The maximum atomic E-state index is 11.2. The van der Waals surface area contributed by atoms with Gasteiger partial charge in [-0.1, -0.05) is 69.2 Å². The van der Waals surface area contributed by atoms with Crippen molar-refractivity contribution in [2.75, 3.05) is 39.8 Å². The lowest BCUT2D eigenvalue weighted by atomic mass is 9.89. The molecule has 0 radical (unpaired) electrons. The Morgan fingerprint density at radius 1 is 0.575 bits per heavy atom. The summed E-state index contributed by atoms with van der Waals surface area (Å²) in [5.74, 6) is -0.0770. The van der Waals surface area contributed by atoms with Gasteiger partial charge in [-0.3, -0.25) is 19.2 Å². The number of nitrogens with one attached hydrogen (secondary N) is 4. The van der Waals surface area contributed by atoms with E-state index in [-0.39, 0.29) is 73.0 Å². The Balaban J connectivity index is -0.000000217. The molecule has 0 aliphatic carbocycles. The van der Waals surface area contributed by atoms with Crippen LogP contribution in [0.3, 0.4) is 0 Å². The quantitative estimate of drug-likeness (QED) is 0.140. The molecule has 0 aliphatic rings. The van der Waals surface area contributed by atoms with Crippen LogP contribution in [-0.2, 0) is 19.2 Å². The molecule has 4 amide bonds. The first-order valence-corrected chi connectivity index (χ1v) is 14.1. The molecule has 0 aliphatic heterocycles. The predicted octanol–water partition coefficient (Wildman–Crippen LogP) is 1.26. The van der Waals surface area contributed by atoms with E-state index in [1.165, 1.54) is 0 Å². The van der Waals surface area contributed by atoms with Crippen LogP contribution in [0.2, 0.25) is 0 Å². The van der Waals surface area contributed by atoms with Gasteiger partial charge in [0.05, 0.1) is 13.2 Å². The van der Waals surface area contributed by atoms with E-state index >= 15 is 0 Å². The van der Waals surface area contributed by atoms with Crippen LogP contribution in [0.25, 0.3) is 0 Å².